The number of esters is 1. The van der Waals surface area contributed by atoms with Gasteiger partial charge in [0.2, 0.25) is 0 Å². The van der Waals surface area contributed by atoms with E-state index in [-0.39, 0.29) is 11.8 Å². The summed E-state index contributed by atoms with van der Waals surface area (Å²) in [5, 5.41) is 0.473. The zero-order valence-corrected chi connectivity index (χ0v) is 11.2. The van der Waals surface area contributed by atoms with Crippen LogP contribution in [-0.2, 0) is 16.0 Å². The van der Waals surface area contributed by atoms with Crippen molar-refractivity contribution < 1.29 is 13.9 Å². The van der Waals surface area contributed by atoms with Crippen molar-refractivity contribution in [2.75, 3.05) is 7.11 Å². The fraction of sp³-hybridized carbons (Fsp3) is 0.462. The normalized spacial score (nSPS) is 11.4. The Morgan fingerprint density at radius 3 is 2.59 bits per heavy atom. The Hall–Kier alpha value is -1.09. The van der Waals surface area contributed by atoms with E-state index in [0.717, 1.165) is 0 Å². The van der Waals surface area contributed by atoms with E-state index in [0.29, 0.717) is 22.6 Å². The van der Waals surface area contributed by atoms with E-state index in [1.807, 2.05) is 0 Å². The maximum absolute atomic E-state index is 13.4. The Morgan fingerprint density at radius 1 is 1.47 bits per heavy atom. The summed E-state index contributed by atoms with van der Waals surface area (Å²) in [5.74, 6) is -0.653. The molecule has 0 N–H and O–H groups in total. The molecular weight excluding hydrogens is 243 g/mol. The van der Waals surface area contributed by atoms with Crippen LogP contribution in [0, 0.1) is 18.2 Å². The monoisotopic (exact) mass is 258 g/mol. The predicted molar refractivity (Wildman–Crippen MR) is 65.6 cm³/mol. The van der Waals surface area contributed by atoms with Gasteiger partial charge in [0, 0.05) is 5.02 Å². The van der Waals surface area contributed by atoms with Crippen LogP contribution in [0.1, 0.15) is 25.0 Å². The van der Waals surface area contributed by atoms with Gasteiger partial charge in [0.15, 0.2) is 0 Å². The third-order valence-electron chi connectivity index (χ3n) is 2.70. The van der Waals surface area contributed by atoms with Crippen LogP contribution in [0.5, 0.6) is 0 Å². The lowest BCUT2D eigenvalue weighted by Crippen LogP contribution is -2.28. The Morgan fingerprint density at radius 2 is 2.06 bits per heavy atom. The lowest BCUT2D eigenvalue weighted by atomic mass is 9.85. The molecule has 0 aliphatic carbocycles. The lowest BCUT2D eigenvalue weighted by Gasteiger charge is -2.22. The van der Waals surface area contributed by atoms with Crippen LogP contribution in [0.25, 0.3) is 0 Å². The average molecular weight is 259 g/mol. The molecule has 0 aromatic heterocycles. The summed E-state index contributed by atoms with van der Waals surface area (Å²) in [6, 6.07) is 2.95. The van der Waals surface area contributed by atoms with Crippen LogP contribution < -0.4 is 0 Å². The van der Waals surface area contributed by atoms with E-state index in [9.17, 15) is 9.18 Å². The molecule has 94 valence electrons. The van der Waals surface area contributed by atoms with Crippen molar-refractivity contribution in [2.45, 2.75) is 27.2 Å². The summed E-state index contributed by atoms with van der Waals surface area (Å²) in [7, 11) is 1.33. The molecule has 4 heteroatoms. The summed E-state index contributed by atoms with van der Waals surface area (Å²) in [6.45, 7) is 5.14. The van der Waals surface area contributed by atoms with E-state index < -0.39 is 5.41 Å². The first-order chi connectivity index (χ1) is 7.77. The van der Waals surface area contributed by atoms with E-state index in [1.54, 1.807) is 26.8 Å². The van der Waals surface area contributed by atoms with Crippen LogP contribution in [0.4, 0.5) is 4.39 Å². The van der Waals surface area contributed by atoms with Crippen LogP contribution in [0.15, 0.2) is 12.1 Å². The fourth-order valence-corrected chi connectivity index (χ4v) is 1.93. The first kappa shape index (κ1) is 14.0. The first-order valence-corrected chi connectivity index (χ1v) is 5.68. The van der Waals surface area contributed by atoms with Crippen molar-refractivity contribution in [2.24, 2.45) is 5.41 Å². The predicted octanol–water partition coefficient (Wildman–Crippen LogP) is 3.53. The molecule has 17 heavy (non-hydrogen) atoms. The molecule has 1 aromatic carbocycles. The summed E-state index contributed by atoms with van der Waals surface area (Å²) < 4.78 is 18.1. The van der Waals surface area contributed by atoms with E-state index in [1.165, 1.54) is 13.2 Å². The van der Waals surface area contributed by atoms with Gasteiger partial charge in [0.25, 0.3) is 0 Å². The second-order valence-electron chi connectivity index (χ2n) is 4.75. The number of hydrogen-bond acceptors (Lipinski definition) is 2. The smallest absolute Gasteiger partial charge is 0.311 e. The first-order valence-electron chi connectivity index (χ1n) is 5.31. The average Bonchev–Trinajstić information content (AvgIpc) is 2.24. The molecule has 0 fully saturated rings. The Bertz CT molecular complexity index is 441. The highest BCUT2D eigenvalue weighted by atomic mass is 35.5. The zero-order chi connectivity index (χ0) is 13.2. The van der Waals surface area contributed by atoms with Gasteiger partial charge in [-0.1, -0.05) is 11.6 Å². The Kier molecular flexibility index (Phi) is 4.15. The summed E-state index contributed by atoms with van der Waals surface area (Å²) in [4.78, 5) is 11.5. The molecule has 0 saturated carbocycles. The molecule has 0 unspecified atom stereocenters. The van der Waals surface area contributed by atoms with Crippen molar-refractivity contribution in [3.8, 4) is 0 Å². The molecule has 0 heterocycles. The fourth-order valence-electron chi connectivity index (χ4n) is 1.65. The quantitative estimate of drug-likeness (QED) is 0.776. The summed E-state index contributed by atoms with van der Waals surface area (Å²) in [5.41, 5.74) is 0.389. The molecule has 0 saturated heterocycles. The minimum absolute atomic E-state index is 0.315. The van der Waals surface area contributed by atoms with E-state index in [2.05, 4.69) is 0 Å². The maximum Gasteiger partial charge on any atom is 0.311 e. The van der Waals surface area contributed by atoms with Gasteiger partial charge in [-0.3, -0.25) is 4.79 Å². The number of rotatable bonds is 3. The zero-order valence-electron chi connectivity index (χ0n) is 10.4. The number of carbonyl (C=O) groups excluding carboxylic acids is 1. The van der Waals surface area contributed by atoms with Crippen molar-refractivity contribution in [1.29, 1.82) is 0 Å². The van der Waals surface area contributed by atoms with Crippen molar-refractivity contribution in [1.82, 2.24) is 0 Å². The number of hydrogen-bond donors (Lipinski definition) is 0. The van der Waals surface area contributed by atoms with Crippen LogP contribution in [0.3, 0.4) is 0 Å². The molecular formula is C13H16ClFO2. The van der Waals surface area contributed by atoms with Gasteiger partial charge in [0.1, 0.15) is 5.82 Å². The van der Waals surface area contributed by atoms with Gasteiger partial charge < -0.3 is 4.74 Å². The molecule has 0 aliphatic rings. The number of methoxy groups -OCH3 is 1. The molecule has 1 aromatic rings. The van der Waals surface area contributed by atoms with Crippen LogP contribution >= 0.6 is 11.6 Å². The maximum atomic E-state index is 13.4. The molecule has 0 atom stereocenters. The third-order valence-corrected chi connectivity index (χ3v) is 3.05. The van der Waals surface area contributed by atoms with Crippen molar-refractivity contribution >= 4 is 17.6 Å². The SMILES string of the molecule is COC(=O)C(C)(C)Cc1cc(F)c(C)cc1Cl. The second-order valence-corrected chi connectivity index (χ2v) is 5.15. The van der Waals surface area contributed by atoms with E-state index >= 15 is 0 Å². The molecule has 2 nitrogen and oxygen atoms in total. The molecule has 0 spiro atoms. The number of aryl methyl sites for hydroxylation is 1. The Labute approximate surface area is 106 Å². The van der Waals surface area contributed by atoms with E-state index in [4.69, 9.17) is 16.3 Å². The van der Waals surface area contributed by atoms with Crippen molar-refractivity contribution in [3.05, 3.63) is 34.1 Å². The molecule has 0 bridgehead atoms. The van der Waals surface area contributed by atoms with Gasteiger partial charge in [-0.05, 0) is 50.5 Å². The van der Waals surface area contributed by atoms with Crippen molar-refractivity contribution in [3.63, 3.8) is 0 Å². The third kappa shape index (κ3) is 3.19. The largest absolute Gasteiger partial charge is 0.469 e. The highest BCUT2D eigenvalue weighted by molar-refractivity contribution is 6.31. The van der Waals surface area contributed by atoms with Gasteiger partial charge >= 0.3 is 5.97 Å². The highest BCUT2D eigenvalue weighted by Gasteiger charge is 2.30. The molecule has 0 amide bonds. The molecule has 0 radical (unpaired) electrons. The van der Waals surface area contributed by atoms with Crippen LogP contribution in [0.2, 0.25) is 5.02 Å². The lowest BCUT2D eigenvalue weighted by molar-refractivity contribution is -0.150. The number of ether oxygens (including phenoxy) is 1. The minimum atomic E-state index is -0.722. The number of benzene rings is 1. The highest BCUT2D eigenvalue weighted by Crippen LogP contribution is 2.29. The van der Waals surface area contributed by atoms with Gasteiger partial charge in [-0.25, -0.2) is 4.39 Å². The van der Waals surface area contributed by atoms with Gasteiger partial charge in [-0.15, -0.1) is 0 Å². The summed E-state index contributed by atoms with van der Waals surface area (Å²) in [6.07, 6.45) is 0.343. The van der Waals surface area contributed by atoms with Crippen LogP contribution in [-0.4, -0.2) is 13.1 Å². The molecule has 0 aliphatic heterocycles. The van der Waals surface area contributed by atoms with Gasteiger partial charge in [-0.2, -0.15) is 0 Å². The molecule has 1 rings (SSSR count). The standard InChI is InChI=1S/C13H16ClFO2/c1-8-5-10(14)9(6-11(8)15)7-13(2,3)12(16)17-4/h5-6H,7H2,1-4H3. The second kappa shape index (κ2) is 5.05. The number of halogens is 2. The Balaban J connectivity index is 3.03. The summed E-state index contributed by atoms with van der Waals surface area (Å²) >= 11 is 6.04. The number of carbonyl (C=O) groups is 1. The van der Waals surface area contributed by atoms with Gasteiger partial charge in [0.05, 0.1) is 12.5 Å². The topological polar surface area (TPSA) is 26.3 Å². The minimum Gasteiger partial charge on any atom is -0.469 e.